The minimum absolute atomic E-state index is 0.346. The number of rotatable bonds is 2. The summed E-state index contributed by atoms with van der Waals surface area (Å²) >= 11 is 1.20. The number of nitrogens with zero attached hydrogens (tertiary/aromatic N) is 2. The van der Waals surface area contributed by atoms with E-state index < -0.39 is 30.0 Å². The Morgan fingerprint density at radius 1 is 1.18 bits per heavy atom. The molecule has 1 saturated heterocycles. The highest BCUT2D eigenvalue weighted by molar-refractivity contribution is 7.24. The van der Waals surface area contributed by atoms with E-state index in [0.29, 0.717) is 10.0 Å². The number of carbonyl (C=O) groups excluding carboxylic acids is 1. The van der Waals surface area contributed by atoms with Gasteiger partial charge in [0.15, 0.2) is 4.91 Å². The van der Waals surface area contributed by atoms with Crippen LogP contribution in [0.3, 0.4) is 0 Å². The van der Waals surface area contributed by atoms with E-state index in [1.54, 1.807) is 20.8 Å². The van der Waals surface area contributed by atoms with Crippen molar-refractivity contribution in [2.24, 2.45) is 0 Å². The van der Waals surface area contributed by atoms with Crippen molar-refractivity contribution < 1.29 is 18.8 Å². The van der Waals surface area contributed by atoms with E-state index >= 15 is 0 Å². The Hall–Kier alpha value is -1.19. The fourth-order valence-corrected chi connectivity index (χ4v) is 2.40. The van der Waals surface area contributed by atoms with Crippen LogP contribution in [0.5, 0.6) is 0 Å². The van der Waals surface area contributed by atoms with E-state index in [0.717, 1.165) is 0 Å². The third-order valence-electron chi connectivity index (χ3n) is 3.50. The van der Waals surface area contributed by atoms with Crippen molar-refractivity contribution >= 4 is 34.6 Å². The first-order valence-corrected chi connectivity index (χ1v) is 7.90. The van der Waals surface area contributed by atoms with Crippen molar-refractivity contribution in [2.45, 2.75) is 65.3 Å². The maximum Gasteiger partial charge on any atom is 0.527 e. The molecule has 2 rings (SSSR count). The SMILES string of the molecule is CC(C)(C)OC(=O)Nc1nnc(B2OC(C)(C)C(C)(C)O2)s1. The summed E-state index contributed by atoms with van der Waals surface area (Å²) < 4.78 is 17.0. The molecule has 0 unspecified atom stereocenters. The van der Waals surface area contributed by atoms with Crippen molar-refractivity contribution in [3.63, 3.8) is 0 Å². The second-order valence-electron chi connectivity index (χ2n) is 7.16. The summed E-state index contributed by atoms with van der Waals surface area (Å²) in [7, 11) is -0.586. The molecule has 22 heavy (non-hydrogen) atoms. The van der Waals surface area contributed by atoms with Crippen LogP contribution in [-0.2, 0) is 14.0 Å². The molecule has 0 atom stereocenters. The standard InChI is InChI=1S/C13H22BN3O4S/c1-11(2,3)19-10(18)15-9-17-16-8(22-9)14-20-12(4,5)13(6,7)21-14/h1-7H3,(H,15,17,18). The quantitative estimate of drug-likeness (QED) is 0.839. The summed E-state index contributed by atoms with van der Waals surface area (Å²) in [5, 5.41) is 10.9. The van der Waals surface area contributed by atoms with Gasteiger partial charge in [0, 0.05) is 0 Å². The zero-order chi connectivity index (χ0) is 16.8. The van der Waals surface area contributed by atoms with Crippen molar-refractivity contribution in [1.29, 1.82) is 0 Å². The Balaban J connectivity index is 2.03. The van der Waals surface area contributed by atoms with Crippen LogP contribution in [0.15, 0.2) is 0 Å². The minimum atomic E-state index is -0.586. The monoisotopic (exact) mass is 327 g/mol. The van der Waals surface area contributed by atoms with Gasteiger partial charge in [0.1, 0.15) is 5.60 Å². The highest BCUT2D eigenvalue weighted by atomic mass is 32.1. The first kappa shape index (κ1) is 17.2. The fourth-order valence-electron chi connectivity index (χ4n) is 1.72. The summed E-state index contributed by atoms with van der Waals surface area (Å²) in [6, 6.07) is 0. The third kappa shape index (κ3) is 3.77. The number of carbonyl (C=O) groups is 1. The normalized spacial score (nSPS) is 20.0. The van der Waals surface area contributed by atoms with Crippen LogP contribution in [0, 0.1) is 0 Å². The van der Waals surface area contributed by atoms with Crippen LogP contribution in [0.1, 0.15) is 48.5 Å². The smallest absolute Gasteiger partial charge is 0.444 e. The van der Waals surface area contributed by atoms with Crippen LogP contribution in [0.25, 0.3) is 0 Å². The average molecular weight is 327 g/mol. The van der Waals surface area contributed by atoms with Gasteiger partial charge in [-0.15, -0.1) is 10.2 Å². The van der Waals surface area contributed by atoms with E-state index in [-0.39, 0.29) is 0 Å². The van der Waals surface area contributed by atoms with Crippen LogP contribution in [0.4, 0.5) is 9.93 Å². The Bertz CT molecular complexity index is 552. The summed E-state index contributed by atoms with van der Waals surface area (Å²) in [6.45, 7) is 13.2. The first-order chi connectivity index (χ1) is 9.90. The molecule has 9 heteroatoms. The van der Waals surface area contributed by atoms with Gasteiger partial charge in [-0.2, -0.15) is 0 Å². The average Bonchev–Trinajstić information content (AvgIpc) is 2.79. The van der Waals surface area contributed by atoms with Gasteiger partial charge < -0.3 is 14.0 Å². The lowest BCUT2D eigenvalue weighted by Crippen LogP contribution is -2.41. The maximum absolute atomic E-state index is 11.7. The zero-order valence-electron chi connectivity index (χ0n) is 14.0. The van der Waals surface area contributed by atoms with Crippen LogP contribution >= 0.6 is 11.3 Å². The topological polar surface area (TPSA) is 82.6 Å². The van der Waals surface area contributed by atoms with Crippen molar-refractivity contribution in [2.75, 3.05) is 5.32 Å². The number of nitrogens with one attached hydrogen (secondary N) is 1. The lowest BCUT2D eigenvalue weighted by atomic mass is 9.90. The lowest BCUT2D eigenvalue weighted by molar-refractivity contribution is 0.00578. The molecule has 1 aliphatic heterocycles. The van der Waals surface area contributed by atoms with Crippen LogP contribution < -0.4 is 10.2 Å². The van der Waals surface area contributed by atoms with E-state index in [4.69, 9.17) is 14.0 Å². The molecule has 0 spiro atoms. The predicted octanol–water partition coefficient (Wildman–Crippen LogP) is 2.18. The molecule has 0 aliphatic carbocycles. The first-order valence-electron chi connectivity index (χ1n) is 7.09. The molecule has 1 amide bonds. The second kappa shape index (κ2) is 5.47. The Morgan fingerprint density at radius 3 is 2.23 bits per heavy atom. The Morgan fingerprint density at radius 2 is 1.73 bits per heavy atom. The molecule has 1 N–H and O–H groups in total. The molecule has 0 radical (unpaired) electrons. The fraction of sp³-hybridized carbons (Fsp3) is 0.769. The summed E-state index contributed by atoms with van der Waals surface area (Å²) in [4.78, 5) is 12.3. The van der Waals surface area contributed by atoms with Gasteiger partial charge >= 0.3 is 13.2 Å². The summed E-state index contributed by atoms with van der Waals surface area (Å²) in [6.07, 6.45) is -0.566. The number of hydrogen-bond acceptors (Lipinski definition) is 7. The second-order valence-corrected chi connectivity index (χ2v) is 8.17. The molecule has 0 aromatic carbocycles. The number of aromatic nitrogens is 2. The number of amides is 1. The molecule has 1 aromatic rings. The molecule has 0 bridgehead atoms. The highest BCUT2D eigenvalue weighted by Gasteiger charge is 2.53. The van der Waals surface area contributed by atoms with Gasteiger partial charge in [-0.05, 0) is 48.5 Å². The van der Waals surface area contributed by atoms with E-state index in [9.17, 15) is 4.79 Å². The van der Waals surface area contributed by atoms with E-state index in [1.807, 2.05) is 27.7 Å². The zero-order valence-corrected chi connectivity index (χ0v) is 14.8. The van der Waals surface area contributed by atoms with Gasteiger partial charge in [-0.3, -0.25) is 5.32 Å². The van der Waals surface area contributed by atoms with E-state index in [1.165, 1.54) is 11.3 Å². The summed E-state index contributed by atoms with van der Waals surface area (Å²) in [5.41, 5.74) is -1.45. The highest BCUT2D eigenvalue weighted by Crippen LogP contribution is 2.36. The maximum atomic E-state index is 11.7. The number of hydrogen-bond donors (Lipinski definition) is 1. The van der Waals surface area contributed by atoms with Gasteiger partial charge in [-0.1, -0.05) is 11.3 Å². The van der Waals surface area contributed by atoms with Crippen molar-refractivity contribution in [3.05, 3.63) is 0 Å². The molecule has 122 valence electrons. The number of anilines is 1. The van der Waals surface area contributed by atoms with Crippen molar-refractivity contribution in [1.82, 2.24) is 10.2 Å². The molecule has 0 saturated carbocycles. The lowest BCUT2D eigenvalue weighted by Gasteiger charge is -2.32. The molecule has 1 aliphatic rings. The molecular weight excluding hydrogens is 305 g/mol. The van der Waals surface area contributed by atoms with Crippen molar-refractivity contribution in [3.8, 4) is 0 Å². The van der Waals surface area contributed by atoms with E-state index in [2.05, 4.69) is 15.5 Å². The minimum Gasteiger partial charge on any atom is -0.444 e. The Labute approximate surface area is 134 Å². The van der Waals surface area contributed by atoms with Gasteiger partial charge in [0.25, 0.3) is 0 Å². The molecule has 1 aromatic heterocycles. The molecule has 2 heterocycles. The van der Waals surface area contributed by atoms with Gasteiger partial charge in [-0.25, -0.2) is 4.79 Å². The van der Waals surface area contributed by atoms with Crippen LogP contribution in [-0.4, -0.2) is 40.2 Å². The molecular formula is C13H22BN3O4S. The molecule has 1 fully saturated rings. The predicted molar refractivity (Wildman–Crippen MR) is 85.5 cm³/mol. The number of ether oxygens (including phenoxy) is 1. The summed E-state index contributed by atoms with van der Waals surface area (Å²) in [5.74, 6) is 0. The van der Waals surface area contributed by atoms with Crippen LogP contribution in [0.2, 0.25) is 0 Å². The van der Waals surface area contributed by atoms with Gasteiger partial charge in [0.05, 0.1) is 11.2 Å². The van der Waals surface area contributed by atoms with Gasteiger partial charge in [0.2, 0.25) is 5.13 Å². The molecule has 7 nitrogen and oxygen atoms in total. The largest absolute Gasteiger partial charge is 0.527 e. The Kier molecular flexibility index (Phi) is 4.27. The third-order valence-corrected chi connectivity index (χ3v) is 4.36.